The van der Waals surface area contributed by atoms with Crippen LogP contribution in [0.2, 0.25) is 0 Å². The first-order valence-corrected chi connectivity index (χ1v) is 3.38. The van der Waals surface area contributed by atoms with Crippen LogP contribution < -0.4 is 0 Å². The van der Waals surface area contributed by atoms with Gasteiger partial charge in [0.2, 0.25) is 0 Å². The number of carbonyl (C=O) groups excluding carboxylic acids is 1. The fourth-order valence-corrected chi connectivity index (χ4v) is 0.652. The van der Waals surface area contributed by atoms with Gasteiger partial charge in [-0.15, -0.1) is 0 Å². The largest absolute Gasteiger partial charge is 0.385 e. The van der Waals surface area contributed by atoms with Crippen LogP contribution in [0.25, 0.3) is 0 Å². The highest BCUT2D eigenvalue weighted by Gasteiger charge is 2.11. The van der Waals surface area contributed by atoms with E-state index in [0.29, 0.717) is 13.0 Å². The Labute approximate surface area is 61.0 Å². The molecule has 0 amide bonds. The molecule has 0 aromatic rings. The van der Waals surface area contributed by atoms with Crippen molar-refractivity contribution in [2.45, 2.75) is 19.8 Å². The predicted molar refractivity (Wildman–Crippen MR) is 36.0 cm³/mol. The zero-order chi connectivity index (χ0) is 7.98. The summed E-state index contributed by atoms with van der Waals surface area (Å²) >= 11 is 0. The van der Waals surface area contributed by atoms with Gasteiger partial charge in [0.05, 0.1) is 5.92 Å². The van der Waals surface area contributed by atoms with Crippen molar-refractivity contribution in [3.8, 4) is 0 Å². The molecule has 0 aliphatic heterocycles. The monoisotopic (exact) mass is 145 g/mol. The molecule has 0 fully saturated rings. The van der Waals surface area contributed by atoms with Gasteiger partial charge < -0.3 is 4.74 Å². The van der Waals surface area contributed by atoms with Crippen molar-refractivity contribution in [3.63, 3.8) is 0 Å². The quantitative estimate of drug-likeness (QED) is 0.542. The SMILES string of the molecule is COCCCC(C)C([O])=O. The van der Waals surface area contributed by atoms with E-state index in [1.54, 1.807) is 14.0 Å². The smallest absolute Gasteiger partial charge is 0.358 e. The van der Waals surface area contributed by atoms with E-state index in [9.17, 15) is 9.90 Å². The normalized spacial score (nSPS) is 13.0. The molecule has 1 atom stereocenters. The maximum Gasteiger partial charge on any atom is 0.358 e. The third kappa shape index (κ3) is 4.32. The highest BCUT2D eigenvalue weighted by molar-refractivity contribution is 5.68. The minimum Gasteiger partial charge on any atom is -0.385 e. The van der Waals surface area contributed by atoms with E-state index in [-0.39, 0.29) is 5.92 Å². The second-order valence-corrected chi connectivity index (χ2v) is 2.36. The molecule has 3 heteroatoms. The van der Waals surface area contributed by atoms with Gasteiger partial charge in [-0.25, -0.2) is 9.90 Å². The summed E-state index contributed by atoms with van der Waals surface area (Å²) in [5, 5.41) is 10.1. The lowest BCUT2D eigenvalue weighted by Gasteiger charge is -2.01. The second-order valence-electron chi connectivity index (χ2n) is 2.36. The molecule has 0 aliphatic carbocycles. The Kier molecular flexibility index (Phi) is 4.94. The minimum atomic E-state index is -0.976. The summed E-state index contributed by atoms with van der Waals surface area (Å²) in [5.74, 6) is -1.33. The third-order valence-electron chi connectivity index (χ3n) is 1.39. The summed E-state index contributed by atoms with van der Waals surface area (Å²) in [4.78, 5) is 10.1. The first-order valence-electron chi connectivity index (χ1n) is 3.38. The summed E-state index contributed by atoms with van der Waals surface area (Å²) in [6.45, 7) is 2.27. The zero-order valence-electron chi connectivity index (χ0n) is 6.42. The Hall–Kier alpha value is -0.570. The van der Waals surface area contributed by atoms with Crippen LogP contribution in [0.5, 0.6) is 0 Å². The second kappa shape index (κ2) is 5.23. The molecule has 0 saturated heterocycles. The van der Waals surface area contributed by atoms with E-state index in [1.165, 1.54) is 0 Å². The molecule has 3 nitrogen and oxygen atoms in total. The van der Waals surface area contributed by atoms with Crippen LogP contribution in [0.3, 0.4) is 0 Å². The zero-order valence-corrected chi connectivity index (χ0v) is 6.42. The molecule has 0 aromatic heterocycles. The van der Waals surface area contributed by atoms with Gasteiger partial charge in [-0.1, -0.05) is 6.92 Å². The fraction of sp³-hybridized carbons (Fsp3) is 0.857. The third-order valence-corrected chi connectivity index (χ3v) is 1.39. The van der Waals surface area contributed by atoms with Crippen LogP contribution in [0.15, 0.2) is 0 Å². The number of carbonyl (C=O) groups is 1. The standard InChI is InChI=1S/C7H13O3/c1-6(7(8)9)4-3-5-10-2/h6H,3-5H2,1-2H3. The van der Waals surface area contributed by atoms with E-state index >= 15 is 0 Å². The van der Waals surface area contributed by atoms with E-state index in [2.05, 4.69) is 0 Å². The van der Waals surface area contributed by atoms with Gasteiger partial charge in [-0.05, 0) is 12.8 Å². The van der Waals surface area contributed by atoms with Crippen LogP contribution in [-0.4, -0.2) is 19.7 Å². The summed E-state index contributed by atoms with van der Waals surface area (Å²) in [6, 6.07) is 0. The van der Waals surface area contributed by atoms with E-state index in [1.807, 2.05) is 0 Å². The molecule has 0 saturated carbocycles. The van der Waals surface area contributed by atoms with Crippen LogP contribution in [0, 0.1) is 5.92 Å². The fourth-order valence-electron chi connectivity index (χ4n) is 0.652. The molecule has 59 valence electrons. The molecule has 0 bridgehead atoms. The summed E-state index contributed by atoms with van der Waals surface area (Å²) in [6.07, 6.45) is 1.42. The highest BCUT2D eigenvalue weighted by Crippen LogP contribution is 2.04. The molecule has 0 aromatic carbocycles. The van der Waals surface area contributed by atoms with Gasteiger partial charge in [-0.3, -0.25) is 0 Å². The van der Waals surface area contributed by atoms with Gasteiger partial charge >= 0.3 is 5.97 Å². The minimum absolute atomic E-state index is 0.352. The van der Waals surface area contributed by atoms with Gasteiger partial charge in [0.15, 0.2) is 0 Å². The number of hydrogen-bond acceptors (Lipinski definition) is 2. The van der Waals surface area contributed by atoms with Crippen molar-refractivity contribution in [1.82, 2.24) is 0 Å². The lowest BCUT2D eigenvalue weighted by Crippen LogP contribution is -2.08. The van der Waals surface area contributed by atoms with E-state index in [0.717, 1.165) is 6.42 Å². The average molecular weight is 145 g/mol. The molecule has 1 radical (unpaired) electrons. The Morgan fingerprint density at radius 3 is 2.60 bits per heavy atom. The van der Waals surface area contributed by atoms with E-state index < -0.39 is 5.97 Å². The molecule has 0 N–H and O–H groups in total. The Balaban J connectivity index is 3.21. The first-order chi connectivity index (χ1) is 4.68. The summed E-state index contributed by atoms with van der Waals surface area (Å²) in [5.41, 5.74) is 0. The van der Waals surface area contributed by atoms with Crippen LogP contribution >= 0.6 is 0 Å². The lowest BCUT2D eigenvalue weighted by atomic mass is 10.1. The number of ether oxygens (including phenoxy) is 1. The van der Waals surface area contributed by atoms with Gasteiger partial charge in [0, 0.05) is 13.7 Å². The number of rotatable bonds is 5. The van der Waals surface area contributed by atoms with Gasteiger partial charge in [0.25, 0.3) is 0 Å². The van der Waals surface area contributed by atoms with Gasteiger partial charge in [0.1, 0.15) is 0 Å². The lowest BCUT2D eigenvalue weighted by molar-refractivity contribution is -0.147. The Bertz CT molecular complexity index is 101. The maximum absolute atomic E-state index is 10.1. The first kappa shape index (κ1) is 9.43. The van der Waals surface area contributed by atoms with Crippen molar-refractivity contribution in [2.24, 2.45) is 5.92 Å². The Morgan fingerprint density at radius 2 is 2.20 bits per heavy atom. The predicted octanol–water partition coefficient (Wildman–Crippen LogP) is 1.01. The molecule has 0 heterocycles. The molecular weight excluding hydrogens is 132 g/mol. The number of methoxy groups -OCH3 is 1. The van der Waals surface area contributed by atoms with Crippen molar-refractivity contribution in [3.05, 3.63) is 0 Å². The van der Waals surface area contributed by atoms with Crippen LogP contribution in [0.4, 0.5) is 0 Å². The molecule has 1 unspecified atom stereocenters. The van der Waals surface area contributed by atoms with E-state index in [4.69, 9.17) is 4.74 Å². The van der Waals surface area contributed by atoms with Crippen LogP contribution in [-0.2, 0) is 14.6 Å². The van der Waals surface area contributed by atoms with Crippen molar-refractivity contribution >= 4 is 5.97 Å². The highest BCUT2D eigenvalue weighted by atomic mass is 16.5. The average Bonchev–Trinajstić information content (AvgIpc) is 1.88. The van der Waals surface area contributed by atoms with Crippen molar-refractivity contribution in [1.29, 1.82) is 0 Å². The summed E-state index contributed by atoms with van der Waals surface area (Å²) in [7, 11) is 1.60. The molecule has 10 heavy (non-hydrogen) atoms. The van der Waals surface area contributed by atoms with Crippen LogP contribution in [0.1, 0.15) is 19.8 Å². The molecule has 0 spiro atoms. The molecular formula is C7H13O3. The van der Waals surface area contributed by atoms with Gasteiger partial charge in [-0.2, -0.15) is 0 Å². The molecule has 0 rings (SSSR count). The maximum atomic E-state index is 10.1. The molecule has 0 aliphatic rings. The summed E-state index contributed by atoms with van der Waals surface area (Å²) < 4.78 is 4.76. The van der Waals surface area contributed by atoms with Crippen molar-refractivity contribution in [2.75, 3.05) is 13.7 Å². The van der Waals surface area contributed by atoms with Crippen molar-refractivity contribution < 1.29 is 14.6 Å². The number of hydrogen-bond donors (Lipinski definition) is 0. The Morgan fingerprint density at radius 1 is 1.60 bits per heavy atom. The topological polar surface area (TPSA) is 46.2 Å².